The number of hydrogen-bond donors (Lipinski definition) is 5. The van der Waals surface area contributed by atoms with Crippen LogP contribution >= 0.6 is 12.4 Å². The average Bonchev–Trinajstić information content (AvgIpc) is 3.68. The zero-order chi connectivity index (χ0) is 34.4. The van der Waals surface area contributed by atoms with Crippen molar-refractivity contribution < 1.29 is 18.0 Å². The summed E-state index contributed by atoms with van der Waals surface area (Å²) in [7, 11) is -3.73. The number of hydrogen-bond acceptors (Lipinski definition) is 11. The first kappa shape index (κ1) is 37.1. The van der Waals surface area contributed by atoms with E-state index in [0.29, 0.717) is 47.9 Å². The standard InChI is InChI=1S/C34H42N10O4S.ClH/c35-19-23-3-7-26(8-4-23)33(45)44(29-11-9-25(10-12-29)32-39-42-43-40-32)34(46)31(36)17-22-1-5-24(6-2-22)27-18-30(21-38-20-27)49(47,48)41-28-13-15-37-16-14-28;/h1-2,5-6,9-12,18,20-21,23,26,28,31,37,41H,3-4,7-8,13-17,19,35-36H2,(H,39,40,42,43);1H/t23-,26-,31-;/m0./s1. The van der Waals surface area contributed by atoms with E-state index in [9.17, 15) is 18.0 Å². The number of aromatic amines is 1. The molecular formula is C34H43ClN10O4S. The number of nitrogens with zero attached hydrogens (tertiary/aromatic N) is 5. The number of nitrogens with one attached hydrogen (secondary N) is 3. The lowest BCUT2D eigenvalue weighted by Crippen LogP contribution is -2.50. The monoisotopic (exact) mass is 722 g/mol. The number of rotatable bonds is 11. The maximum Gasteiger partial charge on any atom is 0.251 e. The molecule has 7 N–H and O–H groups in total. The van der Waals surface area contributed by atoms with E-state index in [-0.39, 0.29) is 41.6 Å². The van der Waals surface area contributed by atoms with Gasteiger partial charge >= 0.3 is 0 Å². The summed E-state index contributed by atoms with van der Waals surface area (Å²) in [5, 5.41) is 17.1. The summed E-state index contributed by atoms with van der Waals surface area (Å²) in [6, 6.07) is 14.8. The van der Waals surface area contributed by atoms with Gasteiger partial charge in [0.1, 0.15) is 4.90 Å². The van der Waals surface area contributed by atoms with Crippen molar-refractivity contribution in [2.75, 3.05) is 24.5 Å². The molecular weight excluding hydrogens is 680 g/mol. The summed E-state index contributed by atoms with van der Waals surface area (Å²) in [5.41, 5.74) is 15.7. The highest BCUT2D eigenvalue weighted by atomic mass is 35.5. The minimum absolute atomic E-state index is 0. The maximum atomic E-state index is 14.0. The molecule has 3 heterocycles. The molecule has 0 unspecified atom stereocenters. The second-order valence-electron chi connectivity index (χ2n) is 12.8. The number of H-pyrrole nitrogens is 1. The normalized spacial score (nSPS) is 18.9. The van der Waals surface area contributed by atoms with Crippen molar-refractivity contribution in [2.45, 2.75) is 61.9 Å². The molecule has 1 saturated carbocycles. The van der Waals surface area contributed by atoms with E-state index in [0.717, 1.165) is 49.9 Å². The van der Waals surface area contributed by atoms with E-state index in [1.807, 2.05) is 24.3 Å². The molecule has 4 aromatic rings. The van der Waals surface area contributed by atoms with Crippen LogP contribution in [0, 0.1) is 11.8 Å². The van der Waals surface area contributed by atoms with E-state index >= 15 is 0 Å². The van der Waals surface area contributed by atoms with Crippen molar-refractivity contribution in [1.29, 1.82) is 0 Å². The van der Waals surface area contributed by atoms with E-state index in [1.54, 1.807) is 36.5 Å². The number of pyridine rings is 1. The number of tetrazole rings is 1. The molecule has 2 amide bonds. The number of nitrogens with two attached hydrogens (primary N) is 2. The number of carbonyl (C=O) groups excluding carboxylic acids is 2. The van der Waals surface area contributed by atoms with Crippen LogP contribution in [0.2, 0.25) is 0 Å². The number of imide groups is 1. The molecule has 0 radical (unpaired) electrons. The average molecular weight is 723 g/mol. The fourth-order valence-electron chi connectivity index (χ4n) is 6.53. The van der Waals surface area contributed by atoms with Crippen molar-refractivity contribution in [3.8, 4) is 22.5 Å². The Labute approximate surface area is 297 Å². The maximum absolute atomic E-state index is 14.0. The van der Waals surface area contributed by atoms with Gasteiger partial charge in [-0.25, -0.2) is 23.1 Å². The van der Waals surface area contributed by atoms with Gasteiger partial charge in [0.25, 0.3) is 5.91 Å². The molecule has 1 atom stereocenters. The lowest BCUT2D eigenvalue weighted by Gasteiger charge is -2.32. The Morgan fingerprint density at radius 2 is 1.60 bits per heavy atom. The van der Waals surface area contributed by atoms with Gasteiger partial charge < -0.3 is 16.8 Å². The van der Waals surface area contributed by atoms with Crippen LogP contribution in [0.15, 0.2) is 71.9 Å². The zero-order valence-electron chi connectivity index (χ0n) is 27.6. The Morgan fingerprint density at radius 1 is 0.920 bits per heavy atom. The van der Waals surface area contributed by atoms with Crippen LogP contribution < -0.4 is 26.4 Å². The largest absolute Gasteiger partial charge is 0.330 e. The van der Waals surface area contributed by atoms with Gasteiger partial charge in [0.15, 0.2) is 5.82 Å². The zero-order valence-corrected chi connectivity index (χ0v) is 29.2. The lowest BCUT2D eigenvalue weighted by atomic mass is 9.81. The highest BCUT2D eigenvalue weighted by molar-refractivity contribution is 7.89. The summed E-state index contributed by atoms with van der Waals surface area (Å²) >= 11 is 0. The highest BCUT2D eigenvalue weighted by Crippen LogP contribution is 2.32. The van der Waals surface area contributed by atoms with Gasteiger partial charge in [-0.15, -0.1) is 17.5 Å². The minimum atomic E-state index is -3.73. The van der Waals surface area contributed by atoms with Gasteiger partial charge in [0, 0.05) is 35.5 Å². The second kappa shape index (κ2) is 16.7. The van der Waals surface area contributed by atoms with Crippen LogP contribution in [-0.2, 0) is 26.0 Å². The van der Waals surface area contributed by atoms with Gasteiger partial charge in [-0.2, -0.15) is 0 Å². The molecule has 50 heavy (non-hydrogen) atoms. The van der Waals surface area contributed by atoms with E-state index in [1.165, 1.54) is 11.1 Å². The van der Waals surface area contributed by atoms with Gasteiger partial charge in [-0.3, -0.25) is 14.6 Å². The van der Waals surface area contributed by atoms with E-state index < -0.39 is 22.0 Å². The number of piperidine rings is 1. The third-order valence-electron chi connectivity index (χ3n) is 9.46. The Balaban J connectivity index is 0.00000486. The first-order chi connectivity index (χ1) is 23.7. The van der Waals surface area contributed by atoms with Crippen LogP contribution in [0.25, 0.3) is 22.5 Å². The van der Waals surface area contributed by atoms with Crippen LogP contribution in [0.1, 0.15) is 44.1 Å². The molecule has 14 nitrogen and oxygen atoms in total. The topological polar surface area (TPSA) is 215 Å². The van der Waals surface area contributed by atoms with Crippen LogP contribution in [0.4, 0.5) is 5.69 Å². The van der Waals surface area contributed by atoms with Crippen LogP contribution in [-0.4, -0.2) is 77.6 Å². The number of anilines is 1. The fourth-order valence-corrected chi connectivity index (χ4v) is 7.82. The van der Waals surface area contributed by atoms with Crippen molar-refractivity contribution in [3.63, 3.8) is 0 Å². The van der Waals surface area contributed by atoms with Gasteiger partial charge in [-0.05, 0) is 122 Å². The Morgan fingerprint density at radius 3 is 2.24 bits per heavy atom. The number of amides is 2. The molecule has 2 aliphatic rings. The van der Waals surface area contributed by atoms with Gasteiger partial charge in [0.05, 0.1) is 11.7 Å². The molecule has 1 aliphatic heterocycles. The Kier molecular flexibility index (Phi) is 12.4. The van der Waals surface area contributed by atoms with Crippen LogP contribution in [0.5, 0.6) is 0 Å². The quantitative estimate of drug-likeness (QED) is 0.152. The molecule has 1 saturated heterocycles. The number of benzene rings is 2. The molecule has 2 aromatic carbocycles. The van der Waals surface area contributed by atoms with Crippen molar-refractivity contribution >= 4 is 39.9 Å². The summed E-state index contributed by atoms with van der Waals surface area (Å²) in [5.74, 6) is -0.217. The number of aromatic nitrogens is 5. The molecule has 2 fully saturated rings. The smallest absolute Gasteiger partial charge is 0.251 e. The first-order valence-electron chi connectivity index (χ1n) is 16.7. The molecule has 1 aliphatic carbocycles. The number of sulfonamides is 1. The fraction of sp³-hybridized carbons (Fsp3) is 0.412. The number of carbonyl (C=O) groups is 2. The highest BCUT2D eigenvalue weighted by Gasteiger charge is 2.35. The Hall–Kier alpha value is -4.12. The summed E-state index contributed by atoms with van der Waals surface area (Å²) < 4.78 is 28.9. The van der Waals surface area contributed by atoms with E-state index in [4.69, 9.17) is 11.5 Å². The summed E-state index contributed by atoms with van der Waals surface area (Å²) in [6.07, 6.45) is 7.61. The van der Waals surface area contributed by atoms with Gasteiger partial charge in [0.2, 0.25) is 15.9 Å². The summed E-state index contributed by atoms with van der Waals surface area (Å²) in [6.45, 7) is 2.13. The van der Waals surface area contributed by atoms with Gasteiger partial charge in [-0.1, -0.05) is 24.3 Å². The predicted octanol–water partition coefficient (Wildman–Crippen LogP) is 2.58. The lowest BCUT2D eigenvalue weighted by molar-refractivity contribution is -0.130. The van der Waals surface area contributed by atoms with Crippen LogP contribution in [0.3, 0.4) is 0 Å². The molecule has 6 rings (SSSR count). The third-order valence-corrected chi connectivity index (χ3v) is 10.9. The van der Waals surface area contributed by atoms with Crippen molar-refractivity contribution in [3.05, 3.63) is 72.6 Å². The molecule has 2 aromatic heterocycles. The molecule has 0 spiro atoms. The summed E-state index contributed by atoms with van der Waals surface area (Å²) in [4.78, 5) is 33.4. The minimum Gasteiger partial charge on any atom is -0.330 e. The molecule has 16 heteroatoms. The second-order valence-corrected chi connectivity index (χ2v) is 14.5. The number of halogens is 1. The molecule has 0 bridgehead atoms. The van der Waals surface area contributed by atoms with Crippen molar-refractivity contribution in [1.82, 2.24) is 35.6 Å². The first-order valence-corrected chi connectivity index (χ1v) is 18.1. The molecule has 266 valence electrons. The SMILES string of the molecule is Cl.NC[C@H]1CC[C@H](C(=O)N(C(=O)[C@@H](N)Cc2ccc(-c3cncc(S(=O)(=O)NC4CCNCC4)c3)cc2)c2ccc(-c3nnn[nH]3)cc2)CC1. The third kappa shape index (κ3) is 8.78. The predicted molar refractivity (Wildman–Crippen MR) is 191 cm³/mol. The van der Waals surface area contributed by atoms with Crippen molar-refractivity contribution in [2.24, 2.45) is 23.3 Å². The Bertz CT molecular complexity index is 1830. The van der Waals surface area contributed by atoms with E-state index in [2.05, 4.69) is 35.6 Å².